The highest BCUT2D eigenvalue weighted by atomic mass is 35.5. The monoisotopic (exact) mass is 679 g/mol. The van der Waals surface area contributed by atoms with Gasteiger partial charge in [0.1, 0.15) is 11.8 Å². The van der Waals surface area contributed by atoms with Gasteiger partial charge in [-0.3, -0.25) is 9.59 Å². The van der Waals surface area contributed by atoms with Crippen molar-refractivity contribution in [3.8, 4) is 5.75 Å². The molecule has 0 aromatic heterocycles. The highest BCUT2D eigenvalue weighted by molar-refractivity contribution is 7.89. The molecule has 0 spiro atoms. The molecule has 240 valence electrons. The topological polar surface area (TPSA) is 105 Å². The Bertz CT molecular complexity index is 1760. The third kappa shape index (κ3) is 8.88. The molecule has 0 radical (unpaired) electrons. The number of methoxy groups -OCH3 is 1. The van der Waals surface area contributed by atoms with Gasteiger partial charge in [0.25, 0.3) is 0 Å². The van der Waals surface area contributed by atoms with E-state index in [1.807, 2.05) is 54.6 Å². The largest absolute Gasteiger partial charge is 0.497 e. The molecule has 11 heteroatoms. The number of hydrogen-bond acceptors (Lipinski definition) is 5. The van der Waals surface area contributed by atoms with Crippen LogP contribution in [0.3, 0.4) is 0 Å². The lowest BCUT2D eigenvalue weighted by Gasteiger charge is -2.32. The van der Waals surface area contributed by atoms with Gasteiger partial charge < -0.3 is 15.0 Å². The van der Waals surface area contributed by atoms with Gasteiger partial charge in [0.05, 0.1) is 12.0 Å². The SMILES string of the molecule is COc1ccc(CN(C(=O)CCc2ccc(S(=O)(=O)NC3CC3)cc2)[C@H](C(=O)NCc2ccc(Cl)cc2Cl)c2ccccc2)cc1. The fraction of sp³-hybridized carbons (Fsp3) is 0.257. The van der Waals surface area contributed by atoms with Crippen molar-refractivity contribution >= 4 is 45.0 Å². The second-order valence-corrected chi connectivity index (χ2v) is 13.7. The van der Waals surface area contributed by atoms with Crippen LogP contribution in [0, 0.1) is 0 Å². The molecule has 46 heavy (non-hydrogen) atoms. The van der Waals surface area contributed by atoms with Gasteiger partial charge in [-0.15, -0.1) is 0 Å². The van der Waals surface area contributed by atoms with Crippen LogP contribution in [0.1, 0.15) is 47.6 Å². The third-order valence-electron chi connectivity index (χ3n) is 7.74. The van der Waals surface area contributed by atoms with Crippen molar-refractivity contribution < 1.29 is 22.7 Å². The van der Waals surface area contributed by atoms with E-state index in [1.165, 1.54) is 0 Å². The van der Waals surface area contributed by atoms with E-state index in [2.05, 4.69) is 10.0 Å². The van der Waals surface area contributed by atoms with E-state index in [0.29, 0.717) is 33.3 Å². The van der Waals surface area contributed by atoms with Crippen LogP contribution in [-0.2, 0) is 39.1 Å². The molecule has 4 aromatic rings. The molecular weight excluding hydrogens is 645 g/mol. The Kier molecular flexibility index (Phi) is 11.0. The molecule has 8 nitrogen and oxygen atoms in total. The Morgan fingerprint density at radius 1 is 0.913 bits per heavy atom. The predicted octanol–water partition coefficient (Wildman–Crippen LogP) is 6.46. The van der Waals surface area contributed by atoms with Gasteiger partial charge in [0.2, 0.25) is 21.8 Å². The zero-order chi connectivity index (χ0) is 32.7. The molecule has 0 unspecified atom stereocenters. The Morgan fingerprint density at radius 3 is 2.22 bits per heavy atom. The number of rotatable bonds is 14. The van der Waals surface area contributed by atoms with E-state index < -0.39 is 16.1 Å². The van der Waals surface area contributed by atoms with E-state index in [1.54, 1.807) is 54.5 Å². The van der Waals surface area contributed by atoms with E-state index >= 15 is 0 Å². The molecule has 0 bridgehead atoms. The maximum Gasteiger partial charge on any atom is 0.247 e. The summed E-state index contributed by atoms with van der Waals surface area (Å²) < 4.78 is 33.1. The fourth-order valence-corrected chi connectivity index (χ4v) is 6.80. The molecular formula is C35H35Cl2N3O5S. The Labute approximate surface area is 279 Å². The summed E-state index contributed by atoms with van der Waals surface area (Å²) in [4.78, 5) is 29.8. The van der Waals surface area contributed by atoms with Crippen LogP contribution >= 0.6 is 23.2 Å². The standard InChI is InChI=1S/C35H35Cl2N3O5S/c1-45-30-16-7-25(8-17-30)23-40(33(41)20-11-24-9-18-31(19-10-24)46(43,44)39-29-14-15-29)34(26-5-3-2-4-6-26)35(42)38-22-27-12-13-28(36)21-32(27)37/h2-10,12-13,16-19,21,29,34,39H,11,14-15,20,22-23H2,1H3,(H,38,42)/t34-/m0/s1. The van der Waals surface area contributed by atoms with Gasteiger partial charge in [-0.1, -0.05) is 83.9 Å². The second kappa shape index (κ2) is 15.1. The summed E-state index contributed by atoms with van der Waals surface area (Å²) in [5.74, 6) is 0.0739. The third-order valence-corrected chi connectivity index (χ3v) is 9.86. The molecule has 2 N–H and O–H groups in total. The maximum atomic E-state index is 14.1. The number of nitrogens with one attached hydrogen (secondary N) is 2. The molecule has 0 heterocycles. The molecule has 1 aliphatic carbocycles. The van der Waals surface area contributed by atoms with Crippen LogP contribution in [0.4, 0.5) is 0 Å². The molecule has 4 aromatic carbocycles. The van der Waals surface area contributed by atoms with E-state index in [-0.39, 0.29) is 42.3 Å². The number of sulfonamides is 1. The van der Waals surface area contributed by atoms with Gasteiger partial charge >= 0.3 is 0 Å². The number of amides is 2. The minimum Gasteiger partial charge on any atom is -0.497 e. The average Bonchev–Trinajstić information content (AvgIpc) is 3.87. The Morgan fingerprint density at radius 2 is 1.59 bits per heavy atom. The molecule has 1 atom stereocenters. The van der Waals surface area contributed by atoms with Crippen molar-refractivity contribution in [1.29, 1.82) is 0 Å². The van der Waals surface area contributed by atoms with Gasteiger partial charge in [-0.2, -0.15) is 0 Å². The predicted molar refractivity (Wildman–Crippen MR) is 179 cm³/mol. The number of ether oxygens (including phenoxy) is 1. The number of aryl methyl sites for hydroxylation is 1. The minimum atomic E-state index is -3.57. The van der Waals surface area contributed by atoms with Crippen LogP contribution in [0.15, 0.2) is 102 Å². The molecule has 2 amide bonds. The normalized spacial score (nSPS) is 13.5. The molecule has 5 rings (SSSR count). The Balaban J connectivity index is 1.38. The lowest BCUT2D eigenvalue weighted by Crippen LogP contribution is -2.43. The van der Waals surface area contributed by atoms with Crippen molar-refractivity contribution in [3.05, 3.63) is 129 Å². The number of carbonyl (C=O) groups is 2. The highest BCUT2D eigenvalue weighted by Gasteiger charge is 2.32. The first-order valence-electron chi connectivity index (χ1n) is 14.9. The lowest BCUT2D eigenvalue weighted by atomic mass is 10.0. The molecule has 1 fully saturated rings. The molecule has 1 aliphatic rings. The van der Waals surface area contributed by atoms with Crippen LogP contribution in [-0.4, -0.2) is 38.3 Å². The van der Waals surface area contributed by atoms with Gasteiger partial charge in [-0.05, 0) is 77.9 Å². The molecule has 0 aliphatic heterocycles. The summed E-state index contributed by atoms with van der Waals surface area (Å²) in [5, 5.41) is 3.88. The van der Waals surface area contributed by atoms with Gasteiger partial charge in [-0.25, -0.2) is 13.1 Å². The number of benzene rings is 4. The van der Waals surface area contributed by atoms with Crippen molar-refractivity contribution in [2.75, 3.05) is 7.11 Å². The van der Waals surface area contributed by atoms with Gasteiger partial charge in [0, 0.05) is 35.6 Å². The zero-order valence-electron chi connectivity index (χ0n) is 25.3. The van der Waals surface area contributed by atoms with Crippen LogP contribution in [0.2, 0.25) is 10.0 Å². The first kappa shape index (κ1) is 33.5. The summed E-state index contributed by atoms with van der Waals surface area (Å²) in [6.45, 7) is 0.315. The van der Waals surface area contributed by atoms with Crippen LogP contribution < -0.4 is 14.8 Å². The zero-order valence-corrected chi connectivity index (χ0v) is 27.6. The summed E-state index contributed by atoms with van der Waals surface area (Å²) in [7, 11) is -1.99. The van der Waals surface area contributed by atoms with Crippen molar-refractivity contribution in [2.45, 2.75) is 55.8 Å². The van der Waals surface area contributed by atoms with Gasteiger partial charge in [0.15, 0.2) is 0 Å². The highest BCUT2D eigenvalue weighted by Crippen LogP contribution is 2.27. The van der Waals surface area contributed by atoms with Crippen LogP contribution in [0.5, 0.6) is 5.75 Å². The smallest absolute Gasteiger partial charge is 0.247 e. The molecule has 0 saturated heterocycles. The average molecular weight is 681 g/mol. The number of halogens is 2. The summed E-state index contributed by atoms with van der Waals surface area (Å²) in [5.41, 5.74) is 2.97. The first-order chi connectivity index (χ1) is 22.1. The first-order valence-corrected chi connectivity index (χ1v) is 17.2. The quantitative estimate of drug-likeness (QED) is 0.159. The lowest BCUT2D eigenvalue weighted by molar-refractivity contribution is -0.141. The summed E-state index contributed by atoms with van der Waals surface area (Å²) in [6.07, 6.45) is 2.16. The summed E-state index contributed by atoms with van der Waals surface area (Å²) >= 11 is 12.4. The van der Waals surface area contributed by atoms with Crippen molar-refractivity contribution in [1.82, 2.24) is 14.9 Å². The number of hydrogen-bond donors (Lipinski definition) is 2. The molecule has 1 saturated carbocycles. The Hall–Kier alpha value is -3.89. The number of nitrogens with zero attached hydrogens (tertiary/aromatic N) is 1. The van der Waals surface area contributed by atoms with Crippen molar-refractivity contribution in [3.63, 3.8) is 0 Å². The fourth-order valence-electron chi connectivity index (χ4n) is 5.02. The van der Waals surface area contributed by atoms with Crippen LogP contribution in [0.25, 0.3) is 0 Å². The second-order valence-electron chi connectivity index (χ2n) is 11.2. The van der Waals surface area contributed by atoms with E-state index in [9.17, 15) is 18.0 Å². The summed E-state index contributed by atoms with van der Waals surface area (Å²) in [6, 6.07) is 27.2. The van der Waals surface area contributed by atoms with Crippen molar-refractivity contribution in [2.24, 2.45) is 0 Å². The number of carbonyl (C=O) groups excluding carboxylic acids is 2. The van der Waals surface area contributed by atoms with E-state index in [4.69, 9.17) is 27.9 Å². The van der Waals surface area contributed by atoms with E-state index in [0.717, 1.165) is 24.0 Å². The minimum absolute atomic E-state index is 0.0110. The maximum absolute atomic E-state index is 14.1.